The third-order valence-corrected chi connectivity index (χ3v) is 4.43. The van der Waals surface area contributed by atoms with Gasteiger partial charge in [0, 0.05) is 32.2 Å². The van der Waals surface area contributed by atoms with E-state index in [2.05, 4.69) is 76.0 Å². The van der Waals surface area contributed by atoms with Crippen molar-refractivity contribution in [3.8, 4) is 0 Å². The fourth-order valence-electron chi connectivity index (χ4n) is 3.36. The largest absolute Gasteiger partial charge is 0.314 e. The number of nitrogens with zero attached hydrogens (tertiary/aromatic N) is 1. The van der Waals surface area contributed by atoms with Crippen LogP contribution in [0.15, 0.2) is 24.3 Å². The summed E-state index contributed by atoms with van der Waals surface area (Å²) >= 11 is 0. The second kappa shape index (κ2) is 6.10. The van der Waals surface area contributed by atoms with E-state index in [1.807, 2.05) is 0 Å². The Morgan fingerprint density at radius 3 is 1.86 bits per heavy atom. The van der Waals surface area contributed by atoms with Gasteiger partial charge in [-0.2, -0.15) is 0 Å². The molecule has 1 fully saturated rings. The van der Waals surface area contributed by atoms with Gasteiger partial charge in [-0.15, -0.1) is 0 Å². The van der Waals surface area contributed by atoms with Crippen molar-refractivity contribution >= 4 is 0 Å². The van der Waals surface area contributed by atoms with Gasteiger partial charge in [0.1, 0.15) is 0 Å². The lowest BCUT2D eigenvalue weighted by Gasteiger charge is -2.42. The van der Waals surface area contributed by atoms with Crippen LogP contribution >= 0.6 is 0 Å². The molecule has 0 unspecified atom stereocenters. The zero-order valence-corrected chi connectivity index (χ0v) is 14.7. The SMILES string of the molecule is CC(C)(C)c1ccc([C@H](N2CCNCC2)C(C)(C)C)cc1. The molecule has 1 heterocycles. The third-order valence-electron chi connectivity index (χ3n) is 4.43. The molecule has 1 aliphatic rings. The summed E-state index contributed by atoms with van der Waals surface area (Å²) in [6.45, 7) is 18.4. The first kappa shape index (κ1) is 16.5. The van der Waals surface area contributed by atoms with Crippen LogP contribution in [0, 0.1) is 5.41 Å². The van der Waals surface area contributed by atoms with Gasteiger partial charge in [0.05, 0.1) is 0 Å². The molecule has 1 N–H and O–H groups in total. The zero-order valence-electron chi connectivity index (χ0n) is 14.7. The van der Waals surface area contributed by atoms with Crippen LogP contribution in [0.3, 0.4) is 0 Å². The van der Waals surface area contributed by atoms with Crippen LogP contribution in [0.1, 0.15) is 58.7 Å². The van der Waals surface area contributed by atoms with Crippen molar-refractivity contribution in [2.24, 2.45) is 5.41 Å². The Kier molecular flexibility index (Phi) is 4.79. The van der Waals surface area contributed by atoms with Crippen LogP contribution in [0.2, 0.25) is 0 Å². The van der Waals surface area contributed by atoms with Crippen LogP contribution in [0.5, 0.6) is 0 Å². The summed E-state index contributed by atoms with van der Waals surface area (Å²) in [7, 11) is 0. The maximum atomic E-state index is 3.46. The number of rotatable bonds is 2. The predicted molar refractivity (Wildman–Crippen MR) is 91.8 cm³/mol. The number of hydrogen-bond acceptors (Lipinski definition) is 2. The number of hydrogen-bond donors (Lipinski definition) is 1. The highest BCUT2D eigenvalue weighted by molar-refractivity contribution is 5.30. The van der Waals surface area contributed by atoms with Crippen molar-refractivity contribution < 1.29 is 0 Å². The van der Waals surface area contributed by atoms with Crippen LogP contribution in [0.4, 0.5) is 0 Å². The molecular formula is C19H32N2. The van der Waals surface area contributed by atoms with Gasteiger partial charge in [-0.1, -0.05) is 65.8 Å². The lowest BCUT2D eigenvalue weighted by Crippen LogP contribution is -2.48. The monoisotopic (exact) mass is 288 g/mol. The molecular weight excluding hydrogens is 256 g/mol. The highest BCUT2D eigenvalue weighted by Gasteiger charge is 2.32. The standard InChI is InChI=1S/C19H32N2/c1-18(2,3)16-9-7-15(8-10-16)17(19(4,5)6)21-13-11-20-12-14-21/h7-10,17,20H,11-14H2,1-6H3/t17-/m0/s1. The number of nitrogens with one attached hydrogen (secondary N) is 1. The van der Waals surface area contributed by atoms with E-state index in [-0.39, 0.29) is 10.8 Å². The summed E-state index contributed by atoms with van der Waals surface area (Å²) < 4.78 is 0. The lowest BCUT2D eigenvalue weighted by molar-refractivity contribution is 0.0862. The van der Waals surface area contributed by atoms with E-state index >= 15 is 0 Å². The van der Waals surface area contributed by atoms with Crippen molar-refractivity contribution in [3.63, 3.8) is 0 Å². The maximum Gasteiger partial charge on any atom is 0.0397 e. The molecule has 2 nitrogen and oxygen atoms in total. The molecule has 0 aliphatic carbocycles. The third kappa shape index (κ3) is 4.08. The molecule has 0 bridgehead atoms. The van der Waals surface area contributed by atoms with Gasteiger partial charge in [0.15, 0.2) is 0 Å². The Balaban J connectivity index is 2.29. The van der Waals surface area contributed by atoms with Gasteiger partial charge in [-0.3, -0.25) is 4.90 Å². The fourth-order valence-corrected chi connectivity index (χ4v) is 3.36. The number of benzene rings is 1. The van der Waals surface area contributed by atoms with Gasteiger partial charge < -0.3 is 5.32 Å². The second-order valence-electron chi connectivity index (χ2n) is 8.43. The van der Waals surface area contributed by atoms with Gasteiger partial charge in [-0.05, 0) is 22.0 Å². The van der Waals surface area contributed by atoms with Gasteiger partial charge >= 0.3 is 0 Å². The molecule has 2 rings (SSSR count). The predicted octanol–water partition coefficient (Wildman–Crippen LogP) is 3.98. The Bertz CT molecular complexity index is 442. The van der Waals surface area contributed by atoms with Crippen molar-refractivity contribution in [2.75, 3.05) is 26.2 Å². The molecule has 0 spiro atoms. The van der Waals surface area contributed by atoms with Crippen molar-refractivity contribution in [2.45, 2.75) is 53.0 Å². The molecule has 1 aliphatic heterocycles. The minimum Gasteiger partial charge on any atom is -0.314 e. The van der Waals surface area contributed by atoms with Crippen molar-refractivity contribution in [3.05, 3.63) is 35.4 Å². The van der Waals surface area contributed by atoms with E-state index in [4.69, 9.17) is 0 Å². The lowest BCUT2D eigenvalue weighted by atomic mass is 9.79. The zero-order chi connectivity index (χ0) is 15.7. The molecule has 118 valence electrons. The van der Waals surface area contributed by atoms with Crippen LogP contribution in [-0.4, -0.2) is 31.1 Å². The smallest absolute Gasteiger partial charge is 0.0397 e. The molecule has 0 saturated carbocycles. The summed E-state index contributed by atoms with van der Waals surface area (Å²) in [6.07, 6.45) is 0. The van der Waals surface area contributed by atoms with Gasteiger partial charge in [0.2, 0.25) is 0 Å². The summed E-state index contributed by atoms with van der Waals surface area (Å²) in [4.78, 5) is 2.64. The number of piperazine rings is 1. The van der Waals surface area contributed by atoms with Crippen LogP contribution in [-0.2, 0) is 5.41 Å². The average Bonchev–Trinajstić information content (AvgIpc) is 2.38. The van der Waals surface area contributed by atoms with Crippen LogP contribution < -0.4 is 5.32 Å². The minimum atomic E-state index is 0.227. The summed E-state index contributed by atoms with van der Waals surface area (Å²) in [5.41, 5.74) is 3.35. The molecule has 2 heteroatoms. The van der Waals surface area contributed by atoms with Crippen molar-refractivity contribution in [1.82, 2.24) is 10.2 Å². The molecule has 0 amide bonds. The van der Waals surface area contributed by atoms with E-state index < -0.39 is 0 Å². The van der Waals surface area contributed by atoms with E-state index in [1.165, 1.54) is 11.1 Å². The highest BCUT2D eigenvalue weighted by atomic mass is 15.2. The molecule has 1 saturated heterocycles. The van der Waals surface area contributed by atoms with Crippen LogP contribution in [0.25, 0.3) is 0 Å². The average molecular weight is 288 g/mol. The minimum absolute atomic E-state index is 0.227. The van der Waals surface area contributed by atoms with E-state index in [9.17, 15) is 0 Å². The maximum absolute atomic E-state index is 3.46. The Labute approximate surface area is 130 Å². The van der Waals surface area contributed by atoms with E-state index in [0.29, 0.717) is 6.04 Å². The molecule has 1 aromatic carbocycles. The van der Waals surface area contributed by atoms with Crippen molar-refractivity contribution in [1.29, 1.82) is 0 Å². The van der Waals surface area contributed by atoms with E-state index in [0.717, 1.165) is 26.2 Å². The molecule has 1 atom stereocenters. The Hall–Kier alpha value is -0.860. The summed E-state index contributed by atoms with van der Waals surface area (Å²) in [5.74, 6) is 0. The first-order valence-corrected chi connectivity index (χ1v) is 8.25. The fraction of sp³-hybridized carbons (Fsp3) is 0.684. The first-order chi connectivity index (χ1) is 9.69. The van der Waals surface area contributed by atoms with E-state index in [1.54, 1.807) is 0 Å². The second-order valence-corrected chi connectivity index (χ2v) is 8.43. The summed E-state index contributed by atoms with van der Waals surface area (Å²) in [6, 6.07) is 9.82. The molecule has 0 aromatic heterocycles. The topological polar surface area (TPSA) is 15.3 Å². The molecule has 21 heavy (non-hydrogen) atoms. The summed E-state index contributed by atoms with van der Waals surface area (Å²) in [5, 5.41) is 3.46. The quantitative estimate of drug-likeness (QED) is 0.885. The Morgan fingerprint density at radius 2 is 1.43 bits per heavy atom. The van der Waals surface area contributed by atoms with Gasteiger partial charge in [-0.25, -0.2) is 0 Å². The Morgan fingerprint density at radius 1 is 0.905 bits per heavy atom. The highest BCUT2D eigenvalue weighted by Crippen LogP contribution is 2.38. The van der Waals surface area contributed by atoms with Gasteiger partial charge in [0.25, 0.3) is 0 Å². The molecule has 0 radical (unpaired) electrons. The first-order valence-electron chi connectivity index (χ1n) is 8.25. The normalized spacial score (nSPS) is 19.5. The molecule has 1 aromatic rings.